The molecule has 12 heteroatoms. The summed E-state index contributed by atoms with van der Waals surface area (Å²) in [5, 5.41) is 11.1. The van der Waals surface area contributed by atoms with E-state index >= 15 is 0 Å². The summed E-state index contributed by atoms with van der Waals surface area (Å²) in [6, 6.07) is 8.63. The van der Waals surface area contributed by atoms with Gasteiger partial charge in [-0.05, 0) is 30.3 Å². The van der Waals surface area contributed by atoms with Crippen LogP contribution in [0.5, 0.6) is 5.75 Å². The van der Waals surface area contributed by atoms with Gasteiger partial charge in [-0.3, -0.25) is 9.48 Å². The Morgan fingerprint density at radius 2 is 1.82 bits per heavy atom. The molecule has 2 aromatic carbocycles. The molecule has 0 bridgehead atoms. The molecule has 0 spiro atoms. The number of hydrogen-bond donors (Lipinski definition) is 1. The van der Waals surface area contributed by atoms with Crippen molar-refractivity contribution in [2.75, 3.05) is 5.32 Å². The van der Waals surface area contributed by atoms with Crippen molar-refractivity contribution >= 4 is 34.9 Å². The number of carbonyl (C=O) groups excluding carboxylic acids is 1. The number of nitrogens with zero attached hydrogens (tertiary/aromatic N) is 4. The smallest absolute Gasteiger partial charge is 0.277 e. The predicted molar refractivity (Wildman–Crippen MR) is 115 cm³/mol. The molecule has 4 aromatic rings. The number of halogens is 5. The van der Waals surface area contributed by atoms with Crippen LogP contribution in [0, 0.1) is 17.5 Å². The number of hydrogen-bond acceptors (Lipinski definition) is 4. The van der Waals surface area contributed by atoms with E-state index in [2.05, 4.69) is 15.5 Å². The number of aromatic nitrogens is 4. The van der Waals surface area contributed by atoms with E-state index in [1.165, 1.54) is 40.0 Å². The summed E-state index contributed by atoms with van der Waals surface area (Å²) in [5.41, 5.74) is 0.244. The Balaban J connectivity index is 1.40. The number of benzene rings is 2. The van der Waals surface area contributed by atoms with Crippen molar-refractivity contribution in [2.45, 2.75) is 13.3 Å². The molecule has 0 unspecified atom stereocenters. The highest BCUT2D eigenvalue weighted by Gasteiger charge is 2.16. The number of rotatable bonds is 7. The second kappa shape index (κ2) is 9.55. The van der Waals surface area contributed by atoms with Gasteiger partial charge in [0.25, 0.3) is 5.91 Å². The third-order valence-electron chi connectivity index (χ3n) is 4.45. The van der Waals surface area contributed by atoms with Crippen LogP contribution >= 0.6 is 23.2 Å². The maximum atomic E-state index is 14.0. The zero-order valence-electron chi connectivity index (χ0n) is 16.6. The number of anilines is 1. The Kier molecular flexibility index (Phi) is 6.57. The Labute approximate surface area is 195 Å². The van der Waals surface area contributed by atoms with Crippen LogP contribution in [0.3, 0.4) is 0 Å². The molecule has 0 aliphatic rings. The maximum absolute atomic E-state index is 14.0. The highest BCUT2D eigenvalue weighted by molar-refractivity contribution is 6.33. The van der Waals surface area contributed by atoms with E-state index in [1.54, 1.807) is 6.07 Å². The van der Waals surface area contributed by atoms with Gasteiger partial charge in [0.2, 0.25) is 0 Å². The van der Waals surface area contributed by atoms with E-state index < -0.39 is 23.4 Å². The Morgan fingerprint density at radius 3 is 2.58 bits per heavy atom. The molecule has 0 fully saturated rings. The lowest BCUT2D eigenvalue weighted by atomic mass is 10.2. The van der Waals surface area contributed by atoms with Crippen LogP contribution < -0.4 is 10.1 Å². The molecule has 0 radical (unpaired) electrons. The number of amides is 1. The molecule has 0 saturated heterocycles. The SMILES string of the molecule is O=C(Nc1nn(Cc2c(F)cccc2Cl)cc1Cl)c1ccn(COc2ccc(F)cc2F)n1. The van der Waals surface area contributed by atoms with Crippen molar-refractivity contribution in [3.63, 3.8) is 0 Å². The zero-order valence-corrected chi connectivity index (χ0v) is 18.1. The van der Waals surface area contributed by atoms with Gasteiger partial charge in [0.05, 0.1) is 6.54 Å². The molecule has 0 atom stereocenters. The Hall–Kier alpha value is -3.50. The quantitative estimate of drug-likeness (QED) is 0.385. The fourth-order valence-electron chi connectivity index (χ4n) is 2.86. The molecular formula is C21H14Cl2F3N5O2. The van der Waals surface area contributed by atoms with Crippen molar-refractivity contribution in [1.29, 1.82) is 0 Å². The molecule has 1 amide bonds. The molecular weight excluding hydrogens is 482 g/mol. The lowest BCUT2D eigenvalue weighted by Gasteiger charge is -2.07. The second-order valence-electron chi connectivity index (χ2n) is 6.77. The fraction of sp³-hybridized carbons (Fsp3) is 0.0952. The van der Waals surface area contributed by atoms with Crippen molar-refractivity contribution in [2.24, 2.45) is 0 Å². The van der Waals surface area contributed by atoms with Crippen LogP contribution in [-0.2, 0) is 13.3 Å². The average Bonchev–Trinajstić information content (AvgIpc) is 3.37. The van der Waals surface area contributed by atoms with Gasteiger partial charge in [-0.2, -0.15) is 10.2 Å². The lowest BCUT2D eigenvalue weighted by Crippen LogP contribution is -2.15. The topological polar surface area (TPSA) is 74.0 Å². The molecule has 0 aliphatic heterocycles. The predicted octanol–water partition coefficient (Wildman–Crippen LogP) is 5.14. The third kappa shape index (κ3) is 5.29. The van der Waals surface area contributed by atoms with Crippen LogP contribution in [0.4, 0.5) is 19.0 Å². The third-order valence-corrected chi connectivity index (χ3v) is 5.08. The van der Waals surface area contributed by atoms with Gasteiger partial charge in [0.15, 0.2) is 29.8 Å². The second-order valence-corrected chi connectivity index (χ2v) is 7.58. The summed E-state index contributed by atoms with van der Waals surface area (Å²) in [7, 11) is 0. The molecule has 7 nitrogen and oxygen atoms in total. The van der Waals surface area contributed by atoms with E-state index in [-0.39, 0.29) is 46.1 Å². The minimum Gasteiger partial charge on any atom is -0.468 e. The number of ether oxygens (including phenoxy) is 1. The summed E-state index contributed by atoms with van der Waals surface area (Å²) in [4.78, 5) is 12.5. The van der Waals surface area contributed by atoms with Gasteiger partial charge in [-0.15, -0.1) is 0 Å². The summed E-state index contributed by atoms with van der Waals surface area (Å²) in [6.45, 7) is -0.207. The van der Waals surface area contributed by atoms with Gasteiger partial charge < -0.3 is 10.1 Å². The standard InChI is InChI=1S/C21H14Cl2F3N5O2/c22-14-2-1-3-16(25)13(14)9-31-10-15(23)20(29-31)27-21(32)18-6-7-30(28-18)11-33-19-5-4-12(24)8-17(19)26/h1-8,10H,9,11H2,(H,27,29,32). The first-order chi connectivity index (χ1) is 15.8. The largest absolute Gasteiger partial charge is 0.468 e. The van der Waals surface area contributed by atoms with Crippen molar-refractivity contribution in [3.05, 3.63) is 93.6 Å². The molecule has 1 N–H and O–H groups in total. The first-order valence-electron chi connectivity index (χ1n) is 9.38. The Bertz CT molecular complexity index is 1300. The first-order valence-corrected chi connectivity index (χ1v) is 10.1. The van der Waals surface area contributed by atoms with Gasteiger partial charge in [-0.25, -0.2) is 17.9 Å². The van der Waals surface area contributed by atoms with Gasteiger partial charge in [-0.1, -0.05) is 29.3 Å². The molecule has 0 saturated carbocycles. The van der Waals surface area contributed by atoms with E-state index in [0.717, 1.165) is 12.1 Å². The lowest BCUT2D eigenvalue weighted by molar-refractivity contribution is 0.101. The van der Waals surface area contributed by atoms with Crippen molar-refractivity contribution in [1.82, 2.24) is 19.6 Å². The molecule has 2 aromatic heterocycles. The molecule has 170 valence electrons. The highest BCUT2D eigenvalue weighted by Crippen LogP contribution is 2.24. The average molecular weight is 496 g/mol. The minimum atomic E-state index is -0.859. The van der Waals surface area contributed by atoms with E-state index in [0.29, 0.717) is 6.07 Å². The normalized spacial score (nSPS) is 10.9. The van der Waals surface area contributed by atoms with Crippen LogP contribution in [0.15, 0.2) is 54.9 Å². The maximum Gasteiger partial charge on any atom is 0.277 e. The number of nitrogens with one attached hydrogen (secondary N) is 1. The summed E-state index contributed by atoms with van der Waals surface area (Å²) >= 11 is 12.2. The summed E-state index contributed by atoms with van der Waals surface area (Å²) in [6.07, 6.45) is 2.86. The minimum absolute atomic E-state index is 0.00695. The zero-order chi connectivity index (χ0) is 23.5. The Morgan fingerprint density at radius 1 is 1.00 bits per heavy atom. The van der Waals surface area contributed by atoms with Crippen LogP contribution in [0.2, 0.25) is 10.0 Å². The van der Waals surface area contributed by atoms with Gasteiger partial charge >= 0.3 is 0 Å². The van der Waals surface area contributed by atoms with Crippen LogP contribution in [0.25, 0.3) is 0 Å². The summed E-state index contributed by atoms with van der Waals surface area (Å²) < 4.78 is 48.4. The monoisotopic (exact) mass is 495 g/mol. The van der Waals surface area contributed by atoms with E-state index in [1.807, 2.05) is 0 Å². The molecule has 0 aliphatic carbocycles. The van der Waals surface area contributed by atoms with Crippen molar-refractivity contribution < 1.29 is 22.7 Å². The highest BCUT2D eigenvalue weighted by atomic mass is 35.5. The molecule has 2 heterocycles. The molecule has 33 heavy (non-hydrogen) atoms. The first kappa shape index (κ1) is 22.7. The van der Waals surface area contributed by atoms with E-state index in [9.17, 15) is 18.0 Å². The fourth-order valence-corrected chi connectivity index (χ4v) is 3.28. The van der Waals surface area contributed by atoms with Crippen LogP contribution in [0.1, 0.15) is 16.1 Å². The van der Waals surface area contributed by atoms with Crippen molar-refractivity contribution in [3.8, 4) is 5.75 Å². The number of carbonyl (C=O) groups is 1. The summed E-state index contributed by atoms with van der Waals surface area (Å²) in [5.74, 6) is -2.80. The van der Waals surface area contributed by atoms with E-state index in [4.69, 9.17) is 27.9 Å². The van der Waals surface area contributed by atoms with Gasteiger partial charge in [0, 0.05) is 29.0 Å². The van der Waals surface area contributed by atoms with Crippen LogP contribution in [-0.4, -0.2) is 25.5 Å². The van der Waals surface area contributed by atoms with Gasteiger partial charge in [0.1, 0.15) is 16.7 Å². The molecule has 4 rings (SSSR count).